The molecule has 1 heterocycles. The fourth-order valence-corrected chi connectivity index (χ4v) is 1.20. The number of anilines is 1. The Bertz CT molecular complexity index is 348. The third-order valence-corrected chi connectivity index (χ3v) is 1.99. The van der Waals surface area contributed by atoms with Crippen LogP contribution in [0.5, 0.6) is 0 Å². The smallest absolute Gasteiger partial charge is 0.142 e. The van der Waals surface area contributed by atoms with E-state index in [1.54, 1.807) is 19.4 Å². The van der Waals surface area contributed by atoms with E-state index in [2.05, 4.69) is 15.6 Å². The number of rotatable bonds is 7. The van der Waals surface area contributed by atoms with Gasteiger partial charge in [0, 0.05) is 38.6 Å². The summed E-state index contributed by atoms with van der Waals surface area (Å²) >= 11 is 0. The lowest BCUT2D eigenvalue weighted by atomic mass is 10.3. The molecule has 0 aromatic carbocycles. The van der Waals surface area contributed by atoms with Crippen molar-refractivity contribution < 1.29 is 4.74 Å². The van der Waals surface area contributed by atoms with Gasteiger partial charge in [0.15, 0.2) is 0 Å². The van der Waals surface area contributed by atoms with E-state index in [-0.39, 0.29) is 0 Å². The minimum atomic E-state index is 0.428. The summed E-state index contributed by atoms with van der Waals surface area (Å²) in [5.74, 6) is 0. The molecule has 0 amide bonds. The summed E-state index contributed by atoms with van der Waals surface area (Å²) in [5, 5.41) is 15.1. The standard InChI is InChI=1S/C11H16N4O/c1-16-7-6-13-4-5-15-10-2-3-14-11(8-10)9-12/h2-3,8,13H,4-7H2,1H3,(H,14,15). The maximum absolute atomic E-state index is 8.66. The maximum atomic E-state index is 8.66. The van der Waals surface area contributed by atoms with Crippen LogP contribution in [-0.2, 0) is 4.74 Å². The molecule has 0 aliphatic rings. The first-order valence-corrected chi connectivity index (χ1v) is 5.16. The Morgan fingerprint density at radius 3 is 3.06 bits per heavy atom. The van der Waals surface area contributed by atoms with E-state index in [0.29, 0.717) is 12.3 Å². The normalized spacial score (nSPS) is 9.75. The van der Waals surface area contributed by atoms with Crippen molar-refractivity contribution in [3.8, 4) is 6.07 Å². The molecule has 0 spiro atoms. The van der Waals surface area contributed by atoms with Gasteiger partial charge in [-0.1, -0.05) is 0 Å². The van der Waals surface area contributed by atoms with Crippen LogP contribution in [0.1, 0.15) is 5.69 Å². The maximum Gasteiger partial charge on any atom is 0.142 e. The quantitative estimate of drug-likeness (QED) is 0.658. The molecule has 0 radical (unpaired) electrons. The van der Waals surface area contributed by atoms with Crippen molar-refractivity contribution >= 4 is 5.69 Å². The van der Waals surface area contributed by atoms with Crippen molar-refractivity contribution in [1.82, 2.24) is 10.3 Å². The monoisotopic (exact) mass is 220 g/mol. The molecule has 5 heteroatoms. The van der Waals surface area contributed by atoms with E-state index >= 15 is 0 Å². The molecule has 1 aromatic rings. The number of pyridine rings is 1. The molecule has 86 valence electrons. The van der Waals surface area contributed by atoms with Gasteiger partial charge in [-0.05, 0) is 12.1 Å². The summed E-state index contributed by atoms with van der Waals surface area (Å²) in [7, 11) is 1.68. The van der Waals surface area contributed by atoms with E-state index in [9.17, 15) is 0 Å². The number of nitrogens with one attached hydrogen (secondary N) is 2. The molecule has 0 bridgehead atoms. The lowest BCUT2D eigenvalue weighted by Gasteiger charge is -2.07. The van der Waals surface area contributed by atoms with Crippen molar-refractivity contribution in [2.45, 2.75) is 0 Å². The van der Waals surface area contributed by atoms with Crippen molar-refractivity contribution in [3.63, 3.8) is 0 Å². The highest BCUT2D eigenvalue weighted by Crippen LogP contribution is 2.05. The van der Waals surface area contributed by atoms with Crippen LogP contribution in [0.15, 0.2) is 18.3 Å². The first-order valence-electron chi connectivity index (χ1n) is 5.16. The van der Waals surface area contributed by atoms with Crippen molar-refractivity contribution in [2.24, 2.45) is 0 Å². The summed E-state index contributed by atoms with van der Waals surface area (Å²) in [6.45, 7) is 3.22. The highest BCUT2D eigenvalue weighted by atomic mass is 16.5. The predicted octanol–water partition coefficient (Wildman–Crippen LogP) is 0.601. The number of nitrogens with zero attached hydrogens (tertiary/aromatic N) is 2. The predicted molar refractivity (Wildman–Crippen MR) is 62.2 cm³/mol. The molecule has 0 aliphatic carbocycles. The lowest BCUT2D eigenvalue weighted by Crippen LogP contribution is -2.25. The molecular formula is C11H16N4O. The zero-order chi connectivity index (χ0) is 11.6. The van der Waals surface area contributed by atoms with Crippen LogP contribution >= 0.6 is 0 Å². The number of aromatic nitrogens is 1. The van der Waals surface area contributed by atoms with Crippen LogP contribution in [0.4, 0.5) is 5.69 Å². The van der Waals surface area contributed by atoms with Crippen LogP contribution < -0.4 is 10.6 Å². The Morgan fingerprint density at radius 2 is 2.31 bits per heavy atom. The van der Waals surface area contributed by atoms with Crippen LogP contribution in [0, 0.1) is 11.3 Å². The van der Waals surface area contributed by atoms with Crippen molar-refractivity contribution in [1.29, 1.82) is 5.26 Å². The molecule has 0 aliphatic heterocycles. The number of hydrogen-bond donors (Lipinski definition) is 2. The second kappa shape index (κ2) is 7.63. The minimum absolute atomic E-state index is 0.428. The average molecular weight is 220 g/mol. The molecule has 1 rings (SSSR count). The fourth-order valence-electron chi connectivity index (χ4n) is 1.20. The average Bonchev–Trinajstić information content (AvgIpc) is 2.34. The van der Waals surface area contributed by atoms with Crippen LogP contribution in [-0.4, -0.2) is 38.3 Å². The van der Waals surface area contributed by atoms with Gasteiger partial charge in [0.05, 0.1) is 6.61 Å². The van der Waals surface area contributed by atoms with Gasteiger partial charge < -0.3 is 15.4 Å². The highest BCUT2D eigenvalue weighted by Gasteiger charge is 1.94. The third-order valence-electron chi connectivity index (χ3n) is 1.99. The summed E-state index contributed by atoms with van der Waals surface area (Å²) in [6.07, 6.45) is 1.62. The summed E-state index contributed by atoms with van der Waals surface area (Å²) in [6, 6.07) is 5.58. The highest BCUT2D eigenvalue weighted by molar-refractivity contribution is 5.45. The van der Waals surface area contributed by atoms with Gasteiger partial charge in [-0.3, -0.25) is 0 Å². The molecule has 0 fully saturated rings. The fraction of sp³-hybridized carbons (Fsp3) is 0.455. The Labute approximate surface area is 95.4 Å². The van der Waals surface area contributed by atoms with Crippen LogP contribution in [0.25, 0.3) is 0 Å². The molecule has 0 saturated carbocycles. The molecule has 0 atom stereocenters. The number of methoxy groups -OCH3 is 1. The van der Waals surface area contributed by atoms with Crippen LogP contribution in [0.3, 0.4) is 0 Å². The zero-order valence-electron chi connectivity index (χ0n) is 9.36. The zero-order valence-corrected chi connectivity index (χ0v) is 9.36. The van der Waals surface area contributed by atoms with Gasteiger partial charge in [0.2, 0.25) is 0 Å². The molecule has 2 N–H and O–H groups in total. The van der Waals surface area contributed by atoms with E-state index in [1.165, 1.54) is 0 Å². The largest absolute Gasteiger partial charge is 0.384 e. The number of nitriles is 1. The first-order chi connectivity index (χ1) is 7.86. The number of ether oxygens (including phenoxy) is 1. The molecule has 16 heavy (non-hydrogen) atoms. The van der Waals surface area contributed by atoms with Gasteiger partial charge in [-0.25, -0.2) is 4.98 Å². The van der Waals surface area contributed by atoms with Crippen LogP contribution in [0.2, 0.25) is 0 Å². The van der Waals surface area contributed by atoms with E-state index in [0.717, 1.165) is 25.3 Å². The Balaban J connectivity index is 2.19. The van der Waals surface area contributed by atoms with Gasteiger partial charge in [-0.15, -0.1) is 0 Å². The van der Waals surface area contributed by atoms with Gasteiger partial charge in [0.1, 0.15) is 11.8 Å². The summed E-state index contributed by atoms with van der Waals surface area (Å²) in [5.41, 5.74) is 1.34. The first kappa shape index (κ1) is 12.4. The third kappa shape index (κ3) is 4.73. The molecule has 0 saturated heterocycles. The van der Waals surface area contributed by atoms with Gasteiger partial charge >= 0.3 is 0 Å². The summed E-state index contributed by atoms with van der Waals surface area (Å²) in [4.78, 5) is 3.89. The van der Waals surface area contributed by atoms with E-state index in [1.807, 2.05) is 12.1 Å². The minimum Gasteiger partial charge on any atom is -0.384 e. The molecule has 5 nitrogen and oxygen atoms in total. The Kier molecular flexibility index (Phi) is 5.92. The SMILES string of the molecule is COCCNCCNc1ccnc(C#N)c1. The van der Waals surface area contributed by atoms with Crippen molar-refractivity contribution in [2.75, 3.05) is 38.7 Å². The molecule has 0 unspecified atom stereocenters. The molecular weight excluding hydrogens is 204 g/mol. The van der Waals surface area contributed by atoms with E-state index < -0.39 is 0 Å². The van der Waals surface area contributed by atoms with E-state index in [4.69, 9.17) is 10.00 Å². The second-order valence-corrected chi connectivity index (χ2v) is 3.21. The second-order valence-electron chi connectivity index (χ2n) is 3.21. The summed E-state index contributed by atoms with van der Waals surface area (Å²) < 4.78 is 4.91. The Morgan fingerprint density at radius 1 is 1.44 bits per heavy atom. The lowest BCUT2D eigenvalue weighted by molar-refractivity contribution is 0.200. The topological polar surface area (TPSA) is 70.0 Å². The Hall–Kier alpha value is -1.64. The van der Waals surface area contributed by atoms with Gasteiger partial charge in [-0.2, -0.15) is 5.26 Å². The van der Waals surface area contributed by atoms with Crippen molar-refractivity contribution in [3.05, 3.63) is 24.0 Å². The number of hydrogen-bond acceptors (Lipinski definition) is 5. The molecule has 1 aromatic heterocycles. The van der Waals surface area contributed by atoms with Gasteiger partial charge in [0.25, 0.3) is 0 Å².